The van der Waals surface area contributed by atoms with Crippen LogP contribution in [0.1, 0.15) is 40.0 Å². The van der Waals surface area contributed by atoms with Gasteiger partial charge in [-0.15, -0.1) is 0 Å². The second kappa shape index (κ2) is 3.92. The summed E-state index contributed by atoms with van der Waals surface area (Å²) in [6.45, 7) is 7.10. The third-order valence-electron chi connectivity index (χ3n) is 2.53. The van der Waals surface area contributed by atoms with E-state index in [4.69, 9.17) is 0 Å². The van der Waals surface area contributed by atoms with Crippen molar-refractivity contribution in [2.45, 2.75) is 46.1 Å². The first kappa shape index (κ1) is 9.56. The van der Waals surface area contributed by atoms with Crippen LogP contribution in [0, 0.1) is 5.92 Å². The SMILES string of the molecule is CC(=O)N1CCC[C@@H]1CC(C)C. The zero-order valence-corrected chi connectivity index (χ0v) is 8.34. The molecule has 0 bridgehead atoms. The molecule has 1 fully saturated rings. The van der Waals surface area contributed by atoms with Crippen molar-refractivity contribution in [2.75, 3.05) is 6.54 Å². The highest BCUT2D eigenvalue weighted by Crippen LogP contribution is 2.22. The van der Waals surface area contributed by atoms with E-state index in [0.717, 1.165) is 6.54 Å². The van der Waals surface area contributed by atoms with Crippen molar-refractivity contribution >= 4 is 5.91 Å². The molecule has 2 nitrogen and oxygen atoms in total. The molecule has 0 saturated carbocycles. The first-order valence-electron chi connectivity index (χ1n) is 4.88. The van der Waals surface area contributed by atoms with Crippen LogP contribution < -0.4 is 0 Å². The van der Waals surface area contributed by atoms with Crippen molar-refractivity contribution in [2.24, 2.45) is 5.92 Å². The maximum Gasteiger partial charge on any atom is 0.219 e. The van der Waals surface area contributed by atoms with Gasteiger partial charge in [-0.05, 0) is 25.2 Å². The third kappa shape index (κ3) is 2.23. The van der Waals surface area contributed by atoms with E-state index in [1.165, 1.54) is 19.3 Å². The molecule has 1 heterocycles. The minimum atomic E-state index is 0.248. The molecule has 0 spiro atoms. The molecule has 0 aliphatic carbocycles. The van der Waals surface area contributed by atoms with Gasteiger partial charge < -0.3 is 4.90 Å². The molecule has 0 N–H and O–H groups in total. The smallest absolute Gasteiger partial charge is 0.219 e. The molecular weight excluding hydrogens is 150 g/mol. The fourth-order valence-electron chi connectivity index (χ4n) is 2.04. The molecule has 0 aromatic rings. The van der Waals surface area contributed by atoms with Gasteiger partial charge in [0, 0.05) is 19.5 Å². The Morgan fingerprint density at radius 1 is 1.58 bits per heavy atom. The van der Waals surface area contributed by atoms with E-state index in [1.807, 2.05) is 4.90 Å². The summed E-state index contributed by atoms with van der Waals surface area (Å²) in [5, 5.41) is 0. The maximum atomic E-state index is 11.2. The quantitative estimate of drug-likeness (QED) is 0.619. The normalized spacial score (nSPS) is 23.7. The van der Waals surface area contributed by atoms with Crippen molar-refractivity contribution in [3.05, 3.63) is 0 Å². The number of carbonyl (C=O) groups is 1. The van der Waals surface area contributed by atoms with Gasteiger partial charge in [-0.1, -0.05) is 13.8 Å². The second-order valence-electron chi connectivity index (χ2n) is 4.14. The highest BCUT2D eigenvalue weighted by molar-refractivity contribution is 5.73. The number of likely N-dealkylation sites (tertiary alicyclic amines) is 1. The van der Waals surface area contributed by atoms with Gasteiger partial charge in [0.1, 0.15) is 0 Å². The van der Waals surface area contributed by atoms with Crippen LogP contribution in [-0.2, 0) is 4.79 Å². The van der Waals surface area contributed by atoms with E-state index in [2.05, 4.69) is 13.8 Å². The fraction of sp³-hybridized carbons (Fsp3) is 0.900. The molecule has 1 rings (SSSR count). The average Bonchev–Trinajstić information content (AvgIpc) is 2.33. The lowest BCUT2D eigenvalue weighted by atomic mass is 10.0. The standard InChI is InChI=1S/C10H19NO/c1-8(2)7-10-5-4-6-11(10)9(3)12/h8,10H,4-7H2,1-3H3/t10-/m1/s1. The van der Waals surface area contributed by atoms with Crippen LogP contribution in [0.15, 0.2) is 0 Å². The molecule has 70 valence electrons. The van der Waals surface area contributed by atoms with E-state index >= 15 is 0 Å². The molecule has 0 radical (unpaired) electrons. The Hall–Kier alpha value is -0.530. The minimum Gasteiger partial charge on any atom is -0.340 e. The van der Waals surface area contributed by atoms with E-state index in [-0.39, 0.29) is 5.91 Å². The summed E-state index contributed by atoms with van der Waals surface area (Å²) in [5.41, 5.74) is 0. The van der Waals surface area contributed by atoms with Crippen LogP contribution in [0.5, 0.6) is 0 Å². The molecular formula is C10H19NO. The molecule has 1 saturated heterocycles. The van der Waals surface area contributed by atoms with Crippen LogP contribution in [-0.4, -0.2) is 23.4 Å². The van der Waals surface area contributed by atoms with Crippen molar-refractivity contribution in [3.8, 4) is 0 Å². The van der Waals surface area contributed by atoms with E-state index in [0.29, 0.717) is 12.0 Å². The zero-order chi connectivity index (χ0) is 9.14. The molecule has 1 amide bonds. The Balaban J connectivity index is 2.46. The van der Waals surface area contributed by atoms with Crippen LogP contribution in [0.4, 0.5) is 0 Å². The summed E-state index contributed by atoms with van der Waals surface area (Å²) in [5.74, 6) is 0.952. The summed E-state index contributed by atoms with van der Waals surface area (Å²) < 4.78 is 0. The Morgan fingerprint density at radius 3 is 2.75 bits per heavy atom. The monoisotopic (exact) mass is 169 g/mol. The number of carbonyl (C=O) groups excluding carboxylic acids is 1. The first-order valence-corrected chi connectivity index (χ1v) is 4.88. The van der Waals surface area contributed by atoms with E-state index < -0.39 is 0 Å². The van der Waals surface area contributed by atoms with Gasteiger partial charge in [-0.25, -0.2) is 0 Å². The first-order chi connectivity index (χ1) is 5.61. The van der Waals surface area contributed by atoms with Crippen molar-refractivity contribution in [1.82, 2.24) is 4.90 Å². The molecule has 1 aliphatic rings. The van der Waals surface area contributed by atoms with Crippen molar-refractivity contribution in [1.29, 1.82) is 0 Å². The average molecular weight is 169 g/mol. The van der Waals surface area contributed by atoms with Crippen LogP contribution in [0.25, 0.3) is 0 Å². The van der Waals surface area contributed by atoms with Gasteiger partial charge in [0.15, 0.2) is 0 Å². The summed E-state index contributed by atoms with van der Waals surface area (Å²) in [6, 6.07) is 0.530. The van der Waals surface area contributed by atoms with Crippen LogP contribution in [0.3, 0.4) is 0 Å². The Bertz CT molecular complexity index is 165. The van der Waals surface area contributed by atoms with Gasteiger partial charge in [-0.3, -0.25) is 4.79 Å². The summed E-state index contributed by atoms with van der Waals surface area (Å²) in [7, 11) is 0. The van der Waals surface area contributed by atoms with Gasteiger partial charge in [0.25, 0.3) is 0 Å². The number of amides is 1. The molecule has 0 unspecified atom stereocenters. The lowest BCUT2D eigenvalue weighted by Gasteiger charge is -2.24. The predicted molar refractivity (Wildman–Crippen MR) is 49.9 cm³/mol. The number of nitrogens with zero attached hydrogens (tertiary/aromatic N) is 1. The zero-order valence-electron chi connectivity index (χ0n) is 8.34. The highest BCUT2D eigenvalue weighted by Gasteiger charge is 2.26. The van der Waals surface area contributed by atoms with E-state index in [1.54, 1.807) is 6.92 Å². The Morgan fingerprint density at radius 2 is 2.25 bits per heavy atom. The molecule has 1 atom stereocenters. The Labute approximate surface area is 74.9 Å². The molecule has 12 heavy (non-hydrogen) atoms. The van der Waals surface area contributed by atoms with Gasteiger partial charge >= 0.3 is 0 Å². The minimum absolute atomic E-state index is 0.248. The molecule has 2 heteroatoms. The second-order valence-corrected chi connectivity index (χ2v) is 4.14. The Kier molecular flexibility index (Phi) is 3.12. The number of hydrogen-bond donors (Lipinski definition) is 0. The lowest BCUT2D eigenvalue weighted by molar-refractivity contribution is -0.129. The highest BCUT2D eigenvalue weighted by atomic mass is 16.2. The van der Waals surface area contributed by atoms with Gasteiger partial charge in [0.05, 0.1) is 0 Å². The largest absolute Gasteiger partial charge is 0.340 e. The summed E-state index contributed by atoms with van der Waals surface area (Å²) >= 11 is 0. The molecule has 0 aromatic heterocycles. The maximum absolute atomic E-state index is 11.2. The summed E-state index contributed by atoms with van der Waals surface area (Å²) in [6.07, 6.45) is 3.56. The lowest BCUT2D eigenvalue weighted by Crippen LogP contribution is -2.34. The molecule has 0 aromatic carbocycles. The number of hydrogen-bond acceptors (Lipinski definition) is 1. The number of rotatable bonds is 2. The fourth-order valence-corrected chi connectivity index (χ4v) is 2.04. The van der Waals surface area contributed by atoms with E-state index in [9.17, 15) is 4.79 Å². The van der Waals surface area contributed by atoms with Gasteiger partial charge in [0.2, 0.25) is 5.91 Å². The van der Waals surface area contributed by atoms with Gasteiger partial charge in [-0.2, -0.15) is 0 Å². The third-order valence-corrected chi connectivity index (χ3v) is 2.53. The summed E-state index contributed by atoms with van der Waals surface area (Å²) in [4.78, 5) is 13.2. The topological polar surface area (TPSA) is 20.3 Å². The molecule has 1 aliphatic heterocycles. The van der Waals surface area contributed by atoms with Crippen LogP contribution in [0.2, 0.25) is 0 Å². The van der Waals surface area contributed by atoms with Crippen LogP contribution >= 0.6 is 0 Å². The van der Waals surface area contributed by atoms with Crippen molar-refractivity contribution < 1.29 is 4.79 Å². The predicted octanol–water partition coefficient (Wildman–Crippen LogP) is 2.04. The van der Waals surface area contributed by atoms with Crippen molar-refractivity contribution in [3.63, 3.8) is 0 Å².